The van der Waals surface area contributed by atoms with Crippen LogP contribution in [-0.4, -0.2) is 33.5 Å². The number of fused-ring (bicyclic) bond motifs is 1. The fourth-order valence-electron chi connectivity index (χ4n) is 2.85. The highest BCUT2D eigenvalue weighted by Gasteiger charge is 2.11. The van der Waals surface area contributed by atoms with Crippen LogP contribution in [0.1, 0.15) is 10.4 Å². The van der Waals surface area contributed by atoms with E-state index in [1.807, 2.05) is 54.6 Å². The number of anilines is 3. The van der Waals surface area contributed by atoms with E-state index in [-0.39, 0.29) is 0 Å². The predicted octanol–water partition coefficient (Wildman–Crippen LogP) is 4.31. The zero-order valence-electron chi connectivity index (χ0n) is 16.8. The van der Waals surface area contributed by atoms with Crippen LogP contribution >= 0.6 is 11.9 Å². The Morgan fingerprint density at radius 1 is 0.812 bits per heavy atom. The molecule has 4 aromatic rings. The summed E-state index contributed by atoms with van der Waals surface area (Å²) >= 11 is 1.43. The number of rotatable bonds is 8. The van der Waals surface area contributed by atoms with Crippen molar-refractivity contribution in [3.63, 3.8) is 0 Å². The molecule has 0 fully saturated rings. The van der Waals surface area contributed by atoms with Crippen molar-refractivity contribution >= 4 is 52.2 Å². The molecule has 0 unspecified atom stereocenters. The van der Waals surface area contributed by atoms with Gasteiger partial charge in [0, 0.05) is 16.1 Å². The summed E-state index contributed by atoms with van der Waals surface area (Å²) in [6.45, 7) is -0.431. The molecule has 9 heteroatoms. The summed E-state index contributed by atoms with van der Waals surface area (Å²) in [5.41, 5.74) is 2.58. The highest BCUT2D eigenvalue weighted by atomic mass is 32.2. The fourth-order valence-corrected chi connectivity index (χ4v) is 3.50. The van der Waals surface area contributed by atoms with Crippen LogP contribution in [0, 0.1) is 0 Å². The van der Waals surface area contributed by atoms with Crippen molar-refractivity contribution in [1.82, 2.24) is 15.3 Å². The molecule has 1 heterocycles. The number of carbonyl (C=O) groups is 2. The number of amides is 1. The zero-order chi connectivity index (χ0) is 22.3. The lowest BCUT2D eigenvalue weighted by Crippen LogP contribution is -2.29. The molecule has 0 saturated carbocycles. The Hall–Kier alpha value is -4.11. The number of nitrogens with one attached hydrogen (secondary N) is 3. The number of hydrogen-bond donors (Lipinski definition) is 4. The maximum atomic E-state index is 12.0. The van der Waals surface area contributed by atoms with Gasteiger partial charge >= 0.3 is 5.97 Å². The van der Waals surface area contributed by atoms with Crippen molar-refractivity contribution in [3.8, 4) is 0 Å². The van der Waals surface area contributed by atoms with Crippen LogP contribution in [-0.2, 0) is 4.79 Å². The van der Waals surface area contributed by atoms with Crippen LogP contribution in [0.5, 0.6) is 0 Å². The normalized spacial score (nSPS) is 10.5. The minimum Gasteiger partial charge on any atom is -0.480 e. The molecule has 4 N–H and O–H groups in total. The van der Waals surface area contributed by atoms with Crippen LogP contribution in [0.2, 0.25) is 0 Å². The van der Waals surface area contributed by atoms with E-state index < -0.39 is 18.4 Å². The molecule has 8 nitrogen and oxygen atoms in total. The van der Waals surface area contributed by atoms with Gasteiger partial charge in [0.25, 0.3) is 5.91 Å². The van der Waals surface area contributed by atoms with Crippen LogP contribution in [0.15, 0.2) is 83.8 Å². The van der Waals surface area contributed by atoms with Crippen molar-refractivity contribution in [2.45, 2.75) is 4.90 Å². The largest absolute Gasteiger partial charge is 0.480 e. The monoisotopic (exact) mass is 445 g/mol. The van der Waals surface area contributed by atoms with Gasteiger partial charge in [0.15, 0.2) is 11.6 Å². The number of carboxylic acid groups (broad SMARTS) is 1. The number of carbonyl (C=O) groups excluding carboxylic acids is 1. The minimum absolute atomic E-state index is 0.361. The van der Waals surface area contributed by atoms with Gasteiger partial charge in [-0.1, -0.05) is 30.3 Å². The van der Waals surface area contributed by atoms with Gasteiger partial charge in [-0.05, 0) is 60.5 Å². The zero-order valence-corrected chi connectivity index (χ0v) is 17.6. The number of aromatic nitrogens is 2. The molecule has 160 valence electrons. The number of benzene rings is 3. The molecule has 1 amide bonds. The molecule has 4 rings (SSSR count). The molecule has 0 radical (unpaired) electrons. The first-order valence-corrected chi connectivity index (χ1v) is 10.5. The Kier molecular flexibility index (Phi) is 6.47. The van der Waals surface area contributed by atoms with E-state index in [0.29, 0.717) is 22.9 Å². The Morgan fingerprint density at radius 3 is 2.09 bits per heavy atom. The number of para-hydroxylation sites is 2. The third-order valence-electron chi connectivity index (χ3n) is 4.39. The molecule has 0 atom stereocenters. The highest BCUT2D eigenvalue weighted by molar-refractivity contribution is 8.00. The Morgan fingerprint density at radius 2 is 1.44 bits per heavy atom. The van der Waals surface area contributed by atoms with E-state index in [1.54, 1.807) is 24.3 Å². The van der Waals surface area contributed by atoms with Crippen LogP contribution in [0.4, 0.5) is 17.3 Å². The second-order valence-corrected chi connectivity index (χ2v) is 7.59. The highest BCUT2D eigenvalue weighted by Crippen LogP contribution is 2.29. The lowest BCUT2D eigenvalue weighted by Gasteiger charge is -2.13. The van der Waals surface area contributed by atoms with E-state index in [0.717, 1.165) is 15.9 Å². The van der Waals surface area contributed by atoms with Gasteiger partial charge < -0.3 is 20.5 Å². The van der Waals surface area contributed by atoms with Gasteiger partial charge in [-0.15, -0.1) is 0 Å². The molecule has 32 heavy (non-hydrogen) atoms. The Labute approximate surface area is 188 Å². The summed E-state index contributed by atoms with van der Waals surface area (Å²) in [5.74, 6) is -0.443. The molecule has 0 spiro atoms. The molecule has 3 aromatic carbocycles. The van der Waals surface area contributed by atoms with Crippen LogP contribution in [0.25, 0.3) is 11.0 Å². The van der Waals surface area contributed by atoms with Crippen molar-refractivity contribution in [2.24, 2.45) is 0 Å². The molecule has 0 aliphatic heterocycles. The third kappa shape index (κ3) is 5.32. The Balaban J connectivity index is 1.55. The number of carboxylic acids is 1. The van der Waals surface area contributed by atoms with E-state index in [4.69, 9.17) is 15.1 Å². The maximum Gasteiger partial charge on any atom is 0.322 e. The SMILES string of the molecule is O=C(O)CNC(=O)c1ccc(Nc2nc3ccccc3nc2NSc2ccccc2)cc1. The second kappa shape index (κ2) is 9.80. The van der Waals surface area contributed by atoms with E-state index in [9.17, 15) is 9.59 Å². The van der Waals surface area contributed by atoms with E-state index >= 15 is 0 Å². The predicted molar refractivity (Wildman–Crippen MR) is 125 cm³/mol. The smallest absolute Gasteiger partial charge is 0.322 e. The molecular formula is C23H19N5O3S. The second-order valence-electron chi connectivity index (χ2n) is 6.71. The van der Waals surface area contributed by atoms with Crippen molar-refractivity contribution < 1.29 is 14.7 Å². The number of hydrogen-bond acceptors (Lipinski definition) is 7. The van der Waals surface area contributed by atoms with Crippen LogP contribution < -0.4 is 15.4 Å². The molecule has 0 bridgehead atoms. The first kappa shape index (κ1) is 21.1. The number of nitrogens with zero attached hydrogens (tertiary/aromatic N) is 2. The van der Waals surface area contributed by atoms with E-state index in [1.165, 1.54) is 11.9 Å². The van der Waals surface area contributed by atoms with Gasteiger partial charge in [0.1, 0.15) is 6.54 Å². The van der Waals surface area contributed by atoms with Crippen molar-refractivity contribution in [2.75, 3.05) is 16.6 Å². The standard InChI is InChI=1S/C23H19N5O3S/c29-20(30)14-24-23(31)15-10-12-16(13-11-15)25-21-22(28-32-17-6-2-1-3-7-17)27-19-9-5-4-8-18(19)26-21/h1-13H,14H2,(H,24,31)(H,25,26)(H,27,28)(H,29,30). The van der Waals surface area contributed by atoms with Gasteiger partial charge in [0.2, 0.25) is 0 Å². The average molecular weight is 446 g/mol. The van der Waals surface area contributed by atoms with Gasteiger partial charge in [-0.25, -0.2) is 9.97 Å². The summed E-state index contributed by atoms with van der Waals surface area (Å²) in [6, 6.07) is 24.1. The molecule has 0 saturated heterocycles. The lowest BCUT2D eigenvalue weighted by molar-refractivity contribution is -0.135. The molecule has 1 aromatic heterocycles. The van der Waals surface area contributed by atoms with Gasteiger partial charge in [0.05, 0.1) is 11.0 Å². The molecule has 0 aliphatic rings. The third-order valence-corrected chi connectivity index (χ3v) is 5.19. The summed E-state index contributed by atoms with van der Waals surface area (Å²) in [4.78, 5) is 33.0. The first-order chi connectivity index (χ1) is 15.6. The average Bonchev–Trinajstić information content (AvgIpc) is 2.82. The lowest BCUT2D eigenvalue weighted by atomic mass is 10.2. The minimum atomic E-state index is -1.10. The fraction of sp³-hybridized carbons (Fsp3) is 0.0435. The number of aliphatic carboxylic acids is 1. The van der Waals surface area contributed by atoms with E-state index in [2.05, 4.69) is 15.4 Å². The quantitative estimate of drug-likeness (QED) is 0.297. The molecular weight excluding hydrogens is 426 g/mol. The van der Waals surface area contributed by atoms with Crippen molar-refractivity contribution in [1.29, 1.82) is 0 Å². The maximum absolute atomic E-state index is 12.0. The Bertz CT molecular complexity index is 1250. The van der Waals surface area contributed by atoms with Gasteiger partial charge in [-0.3, -0.25) is 9.59 Å². The summed E-state index contributed by atoms with van der Waals surface area (Å²) in [7, 11) is 0. The topological polar surface area (TPSA) is 116 Å². The first-order valence-electron chi connectivity index (χ1n) is 9.70. The van der Waals surface area contributed by atoms with Crippen molar-refractivity contribution in [3.05, 3.63) is 84.4 Å². The summed E-state index contributed by atoms with van der Waals surface area (Å²) in [5, 5.41) is 14.3. The summed E-state index contributed by atoms with van der Waals surface area (Å²) < 4.78 is 3.26. The van der Waals surface area contributed by atoms with Gasteiger partial charge in [-0.2, -0.15) is 0 Å². The summed E-state index contributed by atoms with van der Waals surface area (Å²) in [6.07, 6.45) is 0. The molecule has 0 aliphatic carbocycles. The van der Waals surface area contributed by atoms with Crippen LogP contribution in [0.3, 0.4) is 0 Å².